The zero-order valence-electron chi connectivity index (χ0n) is 20.2. The number of aromatic nitrogens is 2. The van der Waals surface area contributed by atoms with E-state index in [1.807, 2.05) is 30.3 Å². The lowest BCUT2D eigenvalue weighted by molar-refractivity contribution is -0.384. The van der Waals surface area contributed by atoms with Gasteiger partial charge in [-0.05, 0) is 38.1 Å². The van der Waals surface area contributed by atoms with Crippen molar-refractivity contribution in [1.82, 2.24) is 14.7 Å². The number of fused-ring (bicyclic) bond motifs is 1. The Balaban J connectivity index is 1.74. The predicted octanol–water partition coefficient (Wildman–Crippen LogP) is 4.66. The van der Waals surface area contributed by atoms with Crippen molar-refractivity contribution in [2.45, 2.75) is 26.3 Å². The number of carbonyl (C=O) groups excluding carboxylic acids is 2. The van der Waals surface area contributed by atoms with Gasteiger partial charge in [0.15, 0.2) is 5.17 Å². The van der Waals surface area contributed by atoms with E-state index in [1.165, 1.54) is 23.9 Å². The fourth-order valence-electron chi connectivity index (χ4n) is 4.43. The minimum Gasteiger partial charge on any atom is -0.463 e. The Hall–Kier alpha value is -4.25. The molecular weight excluding hydrogens is 494 g/mol. The monoisotopic (exact) mass is 517 g/mol. The van der Waals surface area contributed by atoms with Crippen molar-refractivity contribution in [3.05, 3.63) is 87.7 Å². The van der Waals surface area contributed by atoms with Crippen molar-refractivity contribution in [2.24, 2.45) is 4.99 Å². The number of benzene rings is 2. The summed E-state index contributed by atoms with van der Waals surface area (Å²) in [6, 6.07) is 14.7. The first-order chi connectivity index (χ1) is 17.9. The summed E-state index contributed by atoms with van der Waals surface area (Å²) < 4.78 is 7.06. The van der Waals surface area contributed by atoms with Crippen LogP contribution in [-0.2, 0) is 14.3 Å². The van der Waals surface area contributed by atoms with Gasteiger partial charge in [-0.15, -0.1) is 0 Å². The highest BCUT2D eigenvalue weighted by Gasteiger charge is 2.43. The van der Waals surface area contributed by atoms with Crippen LogP contribution in [-0.4, -0.2) is 49.0 Å². The Kier molecular flexibility index (Phi) is 6.62. The molecule has 188 valence electrons. The van der Waals surface area contributed by atoms with Crippen molar-refractivity contribution < 1.29 is 19.2 Å². The lowest BCUT2D eigenvalue weighted by Gasteiger charge is -2.38. The van der Waals surface area contributed by atoms with Crippen LogP contribution in [0.4, 0.5) is 5.69 Å². The van der Waals surface area contributed by atoms with Crippen LogP contribution in [0.3, 0.4) is 0 Å². The second-order valence-corrected chi connectivity index (χ2v) is 9.46. The number of para-hydroxylation sites is 1. The molecule has 3 heterocycles. The molecule has 0 bridgehead atoms. The van der Waals surface area contributed by atoms with Crippen molar-refractivity contribution >= 4 is 34.5 Å². The first kappa shape index (κ1) is 24.4. The van der Waals surface area contributed by atoms with E-state index < -0.39 is 16.9 Å². The summed E-state index contributed by atoms with van der Waals surface area (Å²) in [7, 11) is 0. The third-order valence-electron chi connectivity index (χ3n) is 6.11. The number of rotatable bonds is 6. The standard InChI is InChI=1S/C26H23N5O5S/c1-3-36-25(33)22-16(2)27-26-30(21(32)13-14-37-26)24(22)20-15-29(18-7-5-4-6-8-18)28-23(20)17-9-11-19(12-10-17)31(34)35/h4-12,15,24H,3,13-14H2,1-2H3/t24-/m1/s1. The van der Waals surface area contributed by atoms with Gasteiger partial charge in [0.25, 0.3) is 5.69 Å². The van der Waals surface area contributed by atoms with Crippen molar-refractivity contribution in [2.75, 3.05) is 12.4 Å². The molecule has 0 unspecified atom stereocenters. The van der Waals surface area contributed by atoms with Gasteiger partial charge < -0.3 is 4.74 Å². The molecule has 2 aliphatic heterocycles. The van der Waals surface area contributed by atoms with Crippen LogP contribution in [0, 0.1) is 10.1 Å². The van der Waals surface area contributed by atoms with E-state index in [1.54, 1.807) is 41.8 Å². The molecule has 5 rings (SSSR count). The number of non-ortho nitro benzene ring substituents is 1. The van der Waals surface area contributed by atoms with Crippen LogP contribution >= 0.6 is 11.8 Å². The van der Waals surface area contributed by atoms with Crippen molar-refractivity contribution in [3.63, 3.8) is 0 Å². The minimum atomic E-state index is -0.825. The summed E-state index contributed by atoms with van der Waals surface area (Å²) >= 11 is 1.46. The molecule has 1 aromatic heterocycles. The number of nitro benzene ring substituents is 1. The molecule has 37 heavy (non-hydrogen) atoms. The van der Waals surface area contributed by atoms with Crippen LogP contribution in [0.15, 0.2) is 77.1 Å². The van der Waals surface area contributed by atoms with Gasteiger partial charge >= 0.3 is 5.97 Å². The molecule has 1 saturated heterocycles. The normalized spacial score (nSPS) is 17.4. The largest absolute Gasteiger partial charge is 0.463 e. The number of amidine groups is 1. The molecule has 10 nitrogen and oxygen atoms in total. The number of nitrogens with zero attached hydrogens (tertiary/aromatic N) is 5. The maximum absolute atomic E-state index is 13.2. The summed E-state index contributed by atoms with van der Waals surface area (Å²) in [5.41, 5.74) is 3.14. The maximum atomic E-state index is 13.2. The van der Waals surface area contributed by atoms with Gasteiger partial charge in [-0.25, -0.2) is 14.5 Å². The molecule has 11 heteroatoms. The number of ether oxygens (including phenoxy) is 1. The zero-order valence-corrected chi connectivity index (χ0v) is 21.0. The molecule has 2 aromatic carbocycles. The second-order valence-electron chi connectivity index (χ2n) is 8.40. The van der Waals surface area contributed by atoms with Gasteiger partial charge in [0.2, 0.25) is 5.91 Å². The first-order valence-corrected chi connectivity index (χ1v) is 12.7. The highest BCUT2D eigenvalue weighted by Crippen LogP contribution is 2.43. The van der Waals surface area contributed by atoms with Crippen LogP contribution in [0.1, 0.15) is 31.9 Å². The van der Waals surface area contributed by atoms with Gasteiger partial charge in [-0.3, -0.25) is 19.8 Å². The first-order valence-electron chi connectivity index (χ1n) is 11.7. The number of amides is 1. The maximum Gasteiger partial charge on any atom is 0.338 e. The van der Waals surface area contributed by atoms with E-state index in [0.717, 1.165) is 5.69 Å². The highest BCUT2D eigenvalue weighted by atomic mass is 32.2. The van der Waals surface area contributed by atoms with Crippen molar-refractivity contribution in [1.29, 1.82) is 0 Å². The number of aliphatic imine (C=N–C) groups is 1. The Labute approximate surface area is 216 Å². The van der Waals surface area contributed by atoms with Gasteiger partial charge in [0.05, 0.1) is 34.2 Å². The van der Waals surface area contributed by atoms with Gasteiger partial charge in [-0.1, -0.05) is 30.0 Å². The molecule has 0 radical (unpaired) electrons. The molecule has 0 aliphatic carbocycles. The minimum absolute atomic E-state index is 0.0505. The van der Waals surface area contributed by atoms with E-state index in [0.29, 0.717) is 39.9 Å². The SMILES string of the molecule is CCOC(=O)C1=C(C)N=C2SCCC(=O)N2[C@@H]1c1cn(-c2ccccc2)nc1-c1ccc([N+](=O)[O-])cc1. The average molecular weight is 518 g/mol. The smallest absolute Gasteiger partial charge is 0.338 e. The third kappa shape index (κ3) is 4.53. The molecular formula is C26H23N5O5S. The fraction of sp³-hybridized carbons (Fsp3) is 0.231. The van der Waals surface area contributed by atoms with Gasteiger partial charge in [-0.2, -0.15) is 5.10 Å². The van der Waals surface area contributed by atoms with Crippen LogP contribution in [0.25, 0.3) is 16.9 Å². The number of thioether (sulfide) groups is 1. The topological polar surface area (TPSA) is 120 Å². The molecule has 0 saturated carbocycles. The molecule has 0 spiro atoms. The summed E-state index contributed by atoms with van der Waals surface area (Å²) in [5, 5.41) is 16.6. The predicted molar refractivity (Wildman–Crippen MR) is 139 cm³/mol. The van der Waals surface area contributed by atoms with Crippen molar-refractivity contribution in [3.8, 4) is 16.9 Å². The molecule has 2 aliphatic rings. The summed E-state index contributed by atoms with van der Waals surface area (Å²) in [4.78, 5) is 43.4. The van der Waals surface area contributed by atoms with Gasteiger partial charge in [0.1, 0.15) is 6.04 Å². The number of hydrogen-bond donors (Lipinski definition) is 0. The lowest BCUT2D eigenvalue weighted by atomic mass is 9.92. The number of esters is 1. The Morgan fingerprint density at radius 2 is 1.92 bits per heavy atom. The Morgan fingerprint density at radius 1 is 1.19 bits per heavy atom. The summed E-state index contributed by atoms with van der Waals surface area (Å²) in [6.07, 6.45) is 2.09. The number of nitro groups is 1. The lowest BCUT2D eigenvalue weighted by Crippen LogP contribution is -2.45. The summed E-state index contributed by atoms with van der Waals surface area (Å²) in [5.74, 6) is -0.112. The second kappa shape index (κ2) is 10.0. The quantitative estimate of drug-likeness (QED) is 0.265. The Morgan fingerprint density at radius 3 is 2.59 bits per heavy atom. The zero-order chi connectivity index (χ0) is 26.1. The molecule has 3 aromatic rings. The Bertz CT molecular complexity index is 1450. The molecule has 1 amide bonds. The number of carbonyl (C=O) groups is 2. The number of hydrogen-bond acceptors (Lipinski definition) is 8. The number of allylic oxidation sites excluding steroid dienone is 1. The van der Waals surface area contributed by atoms with Crippen LogP contribution in [0.2, 0.25) is 0 Å². The van der Waals surface area contributed by atoms with E-state index in [2.05, 4.69) is 4.99 Å². The summed E-state index contributed by atoms with van der Waals surface area (Å²) in [6.45, 7) is 3.62. The molecule has 0 N–H and O–H groups in total. The van der Waals surface area contributed by atoms with E-state index in [-0.39, 0.29) is 23.8 Å². The molecule has 1 atom stereocenters. The highest BCUT2D eigenvalue weighted by molar-refractivity contribution is 8.14. The van der Waals surface area contributed by atoms with Crippen LogP contribution in [0.5, 0.6) is 0 Å². The van der Waals surface area contributed by atoms with Crippen LogP contribution < -0.4 is 0 Å². The fourth-order valence-corrected chi connectivity index (χ4v) is 5.43. The van der Waals surface area contributed by atoms with Gasteiger partial charge in [0, 0.05) is 41.6 Å². The van der Waals surface area contributed by atoms with E-state index in [4.69, 9.17) is 9.84 Å². The van der Waals surface area contributed by atoms with E-state index in [9.17, 15) is 19.7 Å². The average Bonchev–Trinajstić information content (AvgIpc) is 3.34. The molecule has 1 fully saturated rings. The van der Waals surface area contributed by atoms with E-state index >= 15 is 0 Å². The third-order valence-corrected chi connectivity index (χ3v) is 7.07.